The number of hydrogen-bond acceptors (Lipinski definition) is 4. The van der Waals surface area contributed by atoms with Crippen LogP contribution in [0.3, 0.4) is 0 Å². The van der Waals surface area contributed by atoms with Gasteiger partial charge in [0.1, 0.15) is 0 Å². The fraction of sp³-hybridized carbons (Fsp3) is 0.462. The zero-order chi connectivity index (χ0) is 12.6. The van der Waals surface area contributed by atoms with E-state index in [9.17, 15) is 4.79 Å². The van der Waals surface area contributed by atoms with Gasteiger partial charge in [0.05, 0.1) is 12.4 Å². The number of hydrogen-bond donors (Lipinski definition) is 1. The largest absolute Gasteiger partial charge is 0.370 e. The van der Waals surface area contributed by atoms with Crippen molar-refractivity contribution >= 4 is 17.1 Å². The summed E-state index contributed by atoms with van der Waals surface area (Å²) in [7, 11) is 0. The molecule has 1 aromatic heterocycles. The molecule has 0 unspecified atom stereocenters. The molecule has 1 aliphatic heterocycles. The fourth-order valence-corrected chi connectivity index (χ4v) is 3.55. The Bertz CT molecular complexity index is 476. The summed E-state index contributed by atoms with van der Waals surface area (Å²) in [4.78, 5) is 16.2. The first kappa shape index (κ1) is 12.2. The van der Waals surface area contributed by atoms with Crippen molar-refractivity contribution in [3.05, 3.63) is 33.3 Å². The number of ketones is 1. The summed E-state index contributed by atoms with van der Waals surface area (Å²) in [5.41, 5.74) is 2.04. The van der Waals surface area contributed by atoms with Gasteiger partial charge < -0.3 is 10.2 Å². The lowest BCUT2D eigenvalue weighted by atomic mass is 10.1. The average Bonchev–Trinajstić information content (AvgIpc) is 2.73. The van der Waals surface area contributed by atoms with Crippen molar-refractivity contribution in [3.8, 4) is 0 Å². The highest BCUT2D eigenvalue weighted by atomic mass is 32.1. The van der Waals surface area contributed by atoms with Gasteiger partial charge in [0.15, 0.2) is 5.78 Å². The van der Waals surface area contributed by atoms with E-state index in [0.717, 1.165) is 41.5 Å². The molecule has 1 aliphatic rings. The van der Waals surface area contributed by atoms with Crippen LogP contribution in [0.1, 0.15) is 32.6 Å². The molecule has 0 spiro atoms. The normalized spacial score (nSPS) is 15.2. The van der Waals surface area contributed by atoms with Gasteiger partial charge >= 0.3 is 0 Å². The highest BCUT2D eigenvalue weighted by Gasteiger charge is 2.20. The summed E-state index contributed by atoms with van der Waals surface area (Å²) in [6.07, 6.45) is 0. The lowest BCUT2D eigenvalue weighted by Crippen LogP contribution is -2.18. The Morgan fingerprint density at radius 3 is 2.71 bits per heavy atom. The van der Waals surface area contributed by atoms with Crippen molar-refractivity contribution in [2.24, 2.45) is 0 Å². The van der Waals surface area contributed by atoms with Crippen LogP contribution < -0.4 is 5.32 Å². The molecule has 1 N–H and O–H groups in total. The number of carbonyl (C=O) groups is 1. The van der Waals surface area contributed by atoms with E-state index < -0.39 is 0 Å². The van der Waals surface area contributed by atoms with E-state index in [1.165, 1.54) is 4.88 Å². The van der Waals surface area contributed by atoms with Crippen molar-refractivity contribution in [3.63, 3.8) is 0 Å². The summed E-state index contributed by atoms with van der Waals surface area (Å²) in [5.74, 6) is 1.15. The molecule has 0 atom stereocenters. The molecule has 0 saturated carbocycles. The van der Waals surface area contributed by atoms with Crippen LogP contribution in [0.4, 0.5) is 0 Å². The molecule has 17 heavy (non-hydrogen) atoms. The quantitative estimate of drug-likeness (QED) is 0.836. The number of carbonyl (C=O) groups excluding carboxylic acids is 1. The minimum Gasteiger partial charge on any atom is -0.370 e. The van der Waals surface area contributed by atoms with E-state index in [1.807, 2.05) is 13.8 Å². The van der Waals surface area contributed by atoms with E-state index in [2.05, 4.69) is 16.8 Å². The molecule has 0 aliphatic carbocycles. The zero-order valence-electron chi connectivity index (χ0n) is 10.6. The Labute approximate surface area is 106 Å². The van der Waals surface area contributed by atoms with Crippen molar-refractivity contribution in [1.29, 1.82) is 0 Å². The molecular formula is C13H18N2OS. The monoisotopic (exact) mass is 250 g/mol. The van der Waals surface area contributed by atoms with Gasteiger partial charge in [-0.3, -0.25) is 4.79 Å². The molecule has 2 heterocycles. The van der Waals surface area contributed by atoms with Gasteiger partial charge in [0, 0.05) is 28.4 Å². The lowest BCUT2D eigenvalue weighted by Gasteiger charge is -2.17. The smallest absolute Gasteiger partial charge is 0.161 e. The maximum absolute atomic E-state index is 11.6. The Morgan fingerprint density at radius 2 is 2.24 bits per heavy atom. The topological polar surface area (TPSA) is 32.3 Å². The maximum atomic E-state index is 11.6. The van der Waals surface area contributed by atoms with Crippen molar-refractivity contribution in [2.45, 2.75) is 27.3 Å². The van der Waals surface area contributed by atoms with Crippen molar-refractivity contribution in [1.82, 2.24) is 10.2 Å². The number of rotatable bonds is 3. The van der Waals surface area contributed by atoms with E-state index >= 15 is 0 Å². The van der Waals surface area contributed by atoms with Gasteiger partial charge in [-0.15, -0.1) is 11.3 Å². The predicted molar refractivity (Wildman–Crippen MR) is 71.4 cm³/mol. The van der Waals surface area contributed by atoms with Crippen molar-refractivity contribution < 1.29 is 4.79 Å². The third-order valence-corrected chi connectivity index (χ3v) is 4.39. The van der Waals surface area contributed by atoms with E-state index in [-0.39, 0.29) is 5.78 Å². The first-order chi connectivity index (χ1) is 8.00. The van der Waals surface area contributed by atoms with E-state index in [0.29, 0.717) is 0 Å². The van der Waals surface area contributed by atoms with Crippen LogP contribution in [0.5, 0.6) is 0 Å². The zero-order valence-corrected chi connectivity index (χ0v) is 11.4. The summed E-state index contributed by atoms with van der Waals surface area (Å²) in [5, 5.41) is 3.22. The summed E-state index contributed by atoms with van der Waals surface area (Å²) >= 11 is 1.73. The van der Waals surface area contributed by atoms with Gasteiger partial charge in [-0.1, -0.05) is 6.58 Å². The molecule has 0 bridgehead atoms. The summed E-state index contributed by atoms with van der Waals surface area (Å²) in [6, 6.07) is 0. The van der Waals surface area contributed by atoms with Gasteiger partial charge in [-0.2, -0.15) is 0 Å². The van der Waals surface area contributed by atoms with Gasteiger partial charge in [0.25, 0.3) is 0 Å². The van der Waals surface area contributed by atoms with Crippen LogP contribution in [0, 0.1) is 13.8 Å². The second kappa shape index (κ2) is 4.53. The number of thiophene rings is 1. The number of nitrogens with zero attached hydrogens (tertiary/aromatic N) is 1. The molecule has 0 radical (unpaired) electrons. The van der Waals surface area contributed by atoms with Crippen LogP contribution in [-0.4, -0.2) is 23.8 Å². The number of Topliss-reactive ketones (excluding diaryl/α,β-unsaturated/α-hetero) is 1. The van der Waals surface area contributed by atoms with E-state index in [4.69, 9.17) is 0 Å². The first-order valence-electron chi connectivity index (χ1n) is 5.78. The van der Waals surface area contributed by atoms with Gasteiger partial charge in [-0.05, 0) is 26.3 Å². The molecule has 0 amide bonds. The number of aryl methyl sites for hydroxylation is 1. The summed E-state index contributed by atoms with van der Waals surface area (Å²) in [6.45, 7) is 12.5. The minimum absolute atomic E-state index is 0.167. The summed E-state index contributed by atoms with van der Waals surface area (Å²) < 4.78 is 0. The highest BCUT2D eigenvalue weighted by Crippen LogP contribution is 2.29. The first-order valence-corrected chi connectivity index (χ1v) is 6.60. The molecule has 1 fully saturated rings. The van der Waals surface area contributed by atoms with Crippen LogP contribution in [-0.2, 0) is 6.54 Å². The second-order valence-corrected chi connectivity index (χ2v) is 5.74. The highest BCUT2D eigenvalue weighted by molar-refractivity contribution is 7.12. The SMILES string of the molecule is C=C1NCCN1Cc1sc(C)c(C(C)=O)c1C. The predicted octanol–water partition coefficient (Wildman–Crippen LogP) is 2.44. The maximum Gasteiger partial charge on any atom is 0.161 e. The van der Waals surface area contributed by atoms with Crippen LogP contribution in [0.2, 0.25) is 0 Å². The number of nitrogens with one attached hydrogen (secondary N) is 1. The fourth-order valence-electron chi connectivity index (χ4n) is 2.31. The molecule has 4 heteroatoms. The average molecular weight is 250 g/mol. The molecule has 92 valence electrons. The Hall–Kier alpha value is -1.29. The van der Waals surface area contributed by atoms with Gasteiger partial charge in [0.2, 0.25) is 0 Å². The third-order valence-electron chi connectivity index (χ3n) is 3.20. The molecule has 3 nitrogen and oxygen atoms in total. The van der Waals surface area contributed by atoms with Crippen molar-refractivity contribution in [2.75, 3.05) is 13.1 Å². The standard InChI is InChI=1S/C13H18N2OS/c1-8-12(7-15-6-5-14-11(15)4)17-10(3)13(8)9(2)16/h14H,4-7H2,1-3H3. The second-order valence-electron chi connectivity index (χ2n) is 4.43. The van der Waals surface area contributed by atoms with Gasteiger partial charge in [-0.25, -0.2) is 0 Å². The van der Waals surface area contributed by atoms with E-state index in [1.54, 1.807) is 18.3 Å². The molecule has 2 rings (SSSR count). The molecule has 0 aromatic carbocycles. The van der Waals surface area contributed by atoms with Crippen LogP contribution in [0.25, 0.3) is 0 Å². The molecular weight excluding hydrogens is 232 g/mol. The third kappa shape index (κ3) is 2.22. The lowest BCUT2D eigenvalue weighted by molar-refractivity contribution is 0.101. The Kier molecular flexibility index (Phi) is 3.24. The molecule has 1 aromatic rings. The van der Waals surface area contributed by atoms with Crippen LogP contribution in [0.15, 0.2) is 12.4 Å². The molecule has 1 saturated heterocycles. The Morgan fingerprint density at radius 1 is 1.53 bits per heavy atom. The van der Waals surface area contributed by atoms with Crippen LogP contribution >= 0.6 is 11.3 Å². The Balaban J connectivity index is 2.25. The minimum atomic E-state index is 0.167.